The van der Waals surface area contributed by atoms with E-state index in [1.54, 1.807) is 6.92 Å². The molecule has 0 unspecified atom stereocenters. The Morgan fingerprint density at radius 3 is 1.80 bits per heavy atom. The first-order chi connectivity index (χ1) is 2.41. The summed E-state index contributed by atoms with van der Waals surface area (Å²) in [4.78, 5) is 0. The molecule has 0 heterocycles. The molecule has 2 heteroatoms. The molecule has 0 aliphatic heterocycles. The van der Waals surface area contributed by atoms with Gasteiger partial charge in [-0.05, 0) is 6.92 Å². The third kappa shape index (κ3) is 50.0. The van der Waals surface area contributed by atoms with Crippen LogP contribution >= 0.6 is 19.8 Å². The second-order valence-electron chi connectivity index (χ2n) is 0.250. The summed E-state index contributed by atoms with van der Waals surface area (Å²) in [6.45, 7) is 1.54. The molecule has 0 saturated heterocycles. The normalized spacial score (nSPS) is 3.00. The molecule has 5 heavy (non-hydrogen) atoms. The fourth-order valence-corrected chi connectivity index (χ4v) is 0. The Morgan fingerprint density at radius 2 is 1.80 bits per heavy atom. The van der Waals surface area contributed by atoms with Gasteiger partial charge in [0.05, 0.1) is 0 Å². The maximum atomic E-state index is 5.96. The van der Waals surface area contributed by atoms with Gasteiger partial charge in [-0.25, -0.2) is 0 Å². The summed E-state index contributed by atoms with van der Waals surface area (Å²) in [5, 5.41) is 0. The van der Waals surface area contributed by atoms with E-state index < -0.39 is 0 Å². The number of rotatable bonds is 0. The SMILES string of the molecule is [C-]#CC.[Zn+][I]. The van der Waals surface area contributed by atoms with Crippen molar-refractivity contribution in [1.29, 1.82) is 0 Å². The van der Waals surface area contributed by atoms with Gasteiger partial charge in [-0.2, -0.15) is 0 Å². The first-order valence-electron chi connectivity index (χ1n) is 1.02. The van der Waals surface area contributed by atoms with E-state index in [2.05, 4.69) is 19.8 Å². The molecule has 0 amide bonds. The Bertz CT molecular complexity index is 28.4. The van der Waals surface area contributed by atoms with E-state index in [9.17, 15) is 0 Å². The summed E-state index contributed by atoms with van der Waals surface area (Å²) in [7, 11) is 0. The third-order valence-corrected chi connectivity index (χ3v) is 0. The minimum absolute atomic E-state index is 1.34. The van der Waals surface area contributed by atoms with Crippen LogP contribution in [0.15, 0.2) is 0 Å². The predicted octanol–water partition coefficient (Wildman–Crippen LogP) is 1.48. The number of hydrogen-bond acceptors (Lipinski definition) is 0. The monoisotopic (exact) mass is 230 g/mol. The van der Waals surface area contributed by atoms with Gasteiger partial charge in [0.25, 0.3) is 0 Å². The van der Waals surface area contributed by atoms with Crippen LogP contribution in [0.25, 0.3) is 0 Å². The molecule has 0 aromatic rings. The van der Waals surface area contributed by atoms with Crippen molar-refractivity contribution < 1.29 is 14.8 Å². The van der Waals surface area contributed by atoms with Gasteiger partial charge in [0, 0.05) is 0 Å². The van der Waals surface area contributed by atoms with Crippen LogP contribution in [0.1, 0.15) is 6.92 Å². The summed E-state index contributed by atoms with van der Waals surface area (Å²) >= 11 is 3.62. The van der Waals surface area contributed by atoms with Gasteiger partial charge in [-0.3, -0.25) is 0 Å². The Labute approximate surface area is 53.6 Å². The molecule has 0 rings (SSSR count). The van der Waals surface area contributed by atoms with Crippen LogP contribution in [0.2, 0.25) is 0 Å². The first kappa shape index (κ1) is 9.32. The zero-order chi connectivity index (χ0) is 4.71. The summed E-state index contributed by atoms with van der Waals surface area (Å²) < 4.78 is 0. The van der Waals surface area contributed by atoms with Crippen molar-refractivity contribution in [2.24, 2.45) is 0 Å². The Kier molecular flexibility index (Phi) is 38.3. The average molecular weight is 231 g/mol. The molecule has 0 N–H and O–H groups in total. The molecule has 0 fully saturated rings. The molecule has 0 aliphatic rings. The molecule has 0 spiro atoms. The zero-order valence-electron chi connectivity index (χ0n) is 3.09. The van der Waals surface area contributed by atoms with Crippen molar-refractivity contribution >= 4 is 19.8 Å². The molecule has 0 nitrogen and oxygen atoms in total. The molecule has 0 atom stereocenters. The van der Waals surface area contributed by atoms with E-state index in [1.807, 2.05) is 5.92 Å². The second-order valence-corrected chi connectivity index (χ2v) is 0.250. The van der Waals surface area contributed by atoms with Crippen molar-refractivity contribution in [3.8, 4) is 5.92 Å². The van der Waals surface area contributed by atoms with Gasteiger partial charge in [-0.1, -0.05) is 0 Å². The van der Waals surface area contributed by atoms with E-state index in [0.717, 1.165) is 0 Å². The Morgan fingerprint density at radius 1 is 1.80 bits per heavy atom. The van der Waals surface area contributed by atoms with Gasteiger partial charge in [0.2, 0.25) is 0 Å². The summed E-state index contributed by atoms with van der Waals surface area (Å²) in [5.41, 5.74) is 0. The van der Waals surface area contributed by atoms with Gasteiger partial charge in [0.15, 0.2) is 0 Å². The molecule has 0 aromatic carbocycles. The summed E-state index contributed by atoms with van der Waals surface area (Å²) in [6.07, 6.45) is 5.96. The topological polar surface area (TPSA) is 0 Å². The van der Waals surface area contributed by atoms with Crippen LogP contribution < -0.4 is 0 Å². The standard InChI is InChI=1S/C3H3.HI.Zn/c1-3-2;;/h1H3;1H;/q-1;;+2/p-1. The number of halogens is 1. The van der Waals surface area contributed by atoms with Crippen LogP contribution in [-0.4, -0.2) is 0 Å². The third-order valence-electron chi connectivity index (χ3n) is 0. The van der Waals surface area contributed by atoms with Crippen molar-refractivity contribution in [2.75, 3.05) is 0 Å². The van der Waals surface area contributed by atoms with Gasteiger partial charge < -0.3 is 12.3 Å². The van der Waals surface area contributed by atoms with Gasteiger partial charge in [0.1, 0.15) is 0 Å². The van der Waals surface area contributed by atoms with E-state index in [-0.39, 0.29) is 0 Å². The second kappa shape index (κ2) is 20.6. The van der Waals surface area contributed by atoms with Crippen molar-refractivity contribution in [3.63, 3.8) is 0 Å². The van der Waals surface area contributed by atoms with Crippen LogP contribution in [0.5, 0.6) is 0 Å². The Balaban J connectivity index is 0. The summed E-state index contributed by atoms with van der Waals surface area (Å²) in [5.74, 6) is 2.00. The average Bonchev–Trinajstić information content (AvgIpc) is 1.46. The zero-order valence-corrected chi connectivity index (χ0v) is 8.21. The van der Waals surface area contributed by atoms with Crippen molar-refractivity contribution in [3.05, 3.63) is 6.42 Å². The quantitative estimate of drug-likeness (QED) is 0.256. The molecule has 24 valence electrons. The van der Waals surface area contributed by atoms with E-state index in [0.29, 0.717) is 0 Å². The van der Waals surface area contributed by atoms with Crippen LogP contribution in [-0.2, 0) is 14.8 Å². The Hall–Kier alpha value is 0.913. The fourth-order valence-electron chi connectivity index (χ4n) is 0. The van der Waals surface area contributed by atoms with Crippen LogP contribution in [0, 0.1) is 12.3 Å². The fraction of sp³-hybridized carbons (Fsp3) is 0.333. The first-order valence-corrected chi connectivity index (χ1v) is 10.1. The van der Waals surface area contributed by atoms with Crippen LogP contribution in [0.3, 0.4) is 0 Å². The van der Waals surface area contributed by atoms with Gasteiger partial charge >= 0.3 is 34.5 Å². The van der Waals surface area contributed by atoms with Crippen LogP contribution in [0.4, 0.5) is 0 Å². The molecule has 0 aliphatic carbocycles. The van der Waals surface area contributed by atoms with E-state index >= 15 is 0 Å². The molecular weight excluding hydrogens is 228 g/mol. The van der Waals surface area contributed by atoms with E-state index in [1.165, 1.54) is 14.8 Å². The molecule has 0 bridgehead atoms. The van der Waals surface area contributed by atoms with E-state index in [4.69, 9.17) is 6.42 Å². The maximum absolute atomic E-state index is 5.96. The molecular formula is C3H3IZn. The molecule has 0 radical (unpaired) electrons. The van der Waals surface area contributed by atoms with Crippen molar-refractivity contribution in [2.45, 2.75) is 6.92 Å². The minimum atomic E-state index is 1.34. The number of hydrogen-bond donors (Lipinski definition) is 0. The predicted molar refractivity (Wildman–Crippen MR) is 26.8 cm³/mol. The van der Waals surface area contributed by atoms with Crippen molar-refractivity contribution in [1.82, 2.24) is 0 Å². The van der Waals surface area contributed by atoms with Gasteiger partial charge in [-0.15, -0.1) is 0 Å². The summed E-state index contributed by atoms with van der Waals surface area (Å²) in [6, 6.07) is 0. The molecule has 0 saturated carbocycles. The molecule has 0 aromatic heterocycles.